The van der Waals surface area contributed by atoms with Gasteiger partial charge in [-0.2, -0.15) is 0 Å². The average Bonchev–Trinajstić information content (AvgIpc) is 2.61. The number of methoxy groups -OCH3 is 2. The highest BCUT2D eigenvalue weighted by Gasteiger charge is 2.12. The highest BCUT2D eigenvalue weighted by Crippen LogP contribution is 2.21. The standard InChI is InChI=1S/C20H23NO4/c1-14(22)15-8-9-19(25-3)18(10-15)11-20(23)21-12-16-6-4-5-7-17(16)13-24-2/h4-10H,11-13H2,1-3H3,(H,21,23). The van der Waals surface area contributed by atoms with Gasteiger partial charge in [0.1, 0.15) is 5.75 Å². The van der Waals surface area contributed by atoms with Gasteiger partial charge in [0.2, 0.25) is 5.91 Å². The van der Waals surface area contributed by atoms with Crippen LogP contribution in [0.2, 0.25) is 0 Å². The Morgan fingerprint density at radius 3 is 2.36 bits per heavy atom. The predicted molar refractivity (Wildman–Crippen MR) is 95.7 cm³/mol. The van der Waals surface area contributed by atoms with Crippen molar-refractivity contribution in [3.8, 4) is 5.75 Å². The molecule has 1 N–H and O–H groups in total. The Hall–Kier alpha value is -2.66. The number of nitrogens with one attached hydrogen (secondary N) is 1. The normalized spacial score (nSPS) is 10.4. The monoisotopic (exact) mass is 341 g/mol. The van der Waals surface area contributed by atoms with Gasteiger partial charge in [0.05, 0.1) is 20.1 Å². The lowest BCUT2D eigenvalue weighted by Crippen LogP contribution is -2.25. The van der Waals surface area contributed by atoms with Crippen molar-refractivity contribution in [1.29, 1.82) is 0 Å². The van der Waals surface area contributed by atoms with Gasteiger partial charge in [0, 0.05) is 24.8 Å². The van der Waals surface area contributed by atoms with Crippen LogP contribution in [0.25, 0.3) is 0 Å². The number of ketones is 1. The largest absolute Gasteiger partial charge is 0.496 e. The summed E-state index contributed by atoms with van der Waals surface area (Å²) in [6, 6.07) is 12.9. The molecule has 0 aromatic heterocycles. The molecule has 5 nitrogen and oxygen atoms in total. The van der Waals surface area contributed by atoms with Crippen LogP contribution in [0.1, 0.15) is 34.0 Å². The molecule has 0 bridgehead atoms. The minimum Gasteiger partial charge on any atom is -0.496 e. The highest BCUT2D eigenvalue weighted by molar-refractivity contribution is 5.94. The molecule has 2 aromatic rings. The molecule has 0 saturated carbocycles. The molecule has 0 unspecified atom stereocenters. The second kappa shape index (κ2) is 8.99. The molecule has 0 saturated heterocycles. The lowest BCUT2D eigenvalue weighted by molar-refractivity contribution is -0.120. The van der Waals surface area contributed by atoms with Crippen molar-refractivity contribution in [2.75, 3.05) is 14.2 Å². The van der Waals surface area contributed by atoms with Crippen LogP contribution in [-0.4, -0.2) is 25.9 Å². The number of Topliss-reactive ketones (excluding diaryl/α,β-unsaturated/α-hetero) is 1. The van der Waals surface area contributed by atoms with E-state index in [4.69, 9.17) is 9.47 Å². The summed E-state index contributed by atoms with van der Waals surface area (Å²) in [5, 5.41) is 2.91. The molecule has 0 heterocycles. The Labute approximate surface area is 148 Å². The summed E-state index contributed by atoms with van der Waals surface area (Å²) in [5.74, 6) is 0.420. The topological polar surface area (TPSA) is 64.6 Å². The Kier molecular flexibility index (Phi) is 6.71. The van der Waals surface area contributed by atoms with Crippen molar-refractivity contribution < 1.29 is 19.1 Å². The highest BCUT2D eigenvalue weighted by atomic mass is 16.5. The van der Waals surface area contributed by atoms with E-state index < -0.39 is 0 Å². The zero-order valence-corrected chi connectivity index (χ0v) is 14.8. The number of carbonyl (C=O) groups is 2. The van der Waals surface area contributed by atoms with Crippen molar-refractivity contribution in [3.63, 3.8) is 0 Å². The van der Waals surface area contributed by atoms with Gasteiger partial charge < -0.3 is 14.8 Å². The van der Waals surface area contributed by atoms with Gasteiger partial charge in [-0.3, -0.25) is 9.59 Å². The van der Waals surface area contributed by atoms with E-state index in [1.807, 2.05) is 24.3 Å². The van der Waals surface area contributed by atoms with E-state index in [2.05, 4.69) is 5.32 Å². The first-order valence-electron chi connectivity index (χ1n) is 8.05. The van der Waals surface area contributed by atoms with Gasteiger partial charge in [0.15, 0.2) is 5.78 Å². The molecular weight excluding hydrogens is 318 g/mol. The molecule has 0 aliphatic carbocycles. The van der Waals surface area contributed by atoms with Crippen LogP contribution in [0.4, 0.5) is 0 Å². The summed E-state index contributed by atoms with van der Waals surface area (Å²) in [7, 11) is 3.19. The summed E-state index contributed by atoms with van der Waals surface area (Å²) in [6.07, 6.45) is 0.150. The minimum absolute atomic E-state index is 0.0437. The fraction of sp³-hybridized carbons (Fsp3) is 0.300. The third kappa shape index (κ3) is 5.16. The molecule has 0 spiro atoms. The minimum atomic E-state index is -0.133. The molecule has 25 heavy (non-hydrogen) atoms. The number of rotatable bonds is 8. The van der Waals surface area contributed by atoms with Crippen molar-refractivity contribution in [2.45, 2.75) is 26.5 Å². The summed E-state index contributed by atoms with van der Waals surface area (Å²) < 4.78 is 10.5. The number of ether oxygens (including phenoxy) is 2. The average molecular weight is 341 g/mol. The van der Waals surface area contributed by atoms with Gasteiger partial charge in [-0.05, 0) is 36.2 Å². The van der Waals surface area contributed by atoms with Crippen LogP contribution < -0.4 is 10.1 Å². The Balaban J connectivity index is 2.05. The smallest absolute Gasteiger partial charge is 0.224 e. The van der Waals surface area contributed by atoms with Crippen molar-refractivity contribution in [3.05, 3.63) is 64.7 Å². The molecule has 5 heteroatoms. The first kappa shape index (κ1) is 18.7. The summed E-state index contributed by atoms with van der Waals surface area (Å²) in [6.45, 7) is 2.42. The van der Waals surface area contributed by atoms with E-state index >= 15 is 0 Å². The maximum absolute atomic E-state index is 12.3. The Morgan fingerprint density at radius 1 is 1.00 bits per heavy atom. The van der Waals surface area contributed by atoms with Gasteiger partial charge in [0.25, 0.3) is 0 Å². The molecular formula is C20H23NO4. The lowest BCUT2D eigenvalue weighted by Gasteiger charge is -2.12. The van der Waals surface area contributed by atoms with Gasteiger partial charge >= 0.3 is 0 Å². The molecule has 0 fully saturated rings. The zero-order valence-electron chi connectivity index (χ0n) is 14.8. The van der Waals surface area contributed by atoms with Crippen molar-refractivity contribution >= 4 is 11.7 Å². The molecule has 0 radical (unpaired) electrons. The first-order valence-corrected chi connectivity index (χ1v) is 8.05. The molecule has 0 atom stereocenters. The van der Waals surface area contributed by atoms with Crippen molar-refractivity contribution in [1.82, 2.24) is 5.32 Å². The summed E-state index contributed by atoms with van der Waals surface area (Å²) in [4.78, 5) is 23.9. The van der Waals surface area contributed by atoms with Crippen LogP contribution in [0.5, 0.6) is 5.75 Å². The lowest BCUT2D eigenvalue weighted by atomic mass is 10.0. The quantitative estimate of drug-likeness (QED) is 0.750. The second-order valence-electron chi connectivity index (χ2n) is 5.74. The number of amides is 1. The van der Waals surface area contributed by atoms with E-state index in [1.54, 1.807) is 32.4 Å². The first-order chi connectivity index (χ1) is 12.0. The van der Waals surface area contributed by atoms with Crippen LogP contribution in [0.3, 0.4) is 0 Å². The fourth-order valence-electron chi connectivity index (χ4n) is 2.59. The maximum atomic E-state index is 12.3. The van der Waals surface area contributed by atoms with Gasteiger partial charge in [-0.1, -0.05) is 24.3 Å². The number of carbonyl (C=O) groups excluding carboxylic acids is 2. The summed E-state index contributed by atoms with van der Waals surface area (Å²) >= 11 is 0. The van der Waals surface area contributed by atoms with E-state index in [9.17, 15) is 9.59 Å². The number of hydrogen-bond acceptors (Lipinski definition) is 4. The fourth-order valence-corrected chi connectivity index (χ4v) is 2.59. The SMILES string of the molecule is COCc1ccccc1CNC(=O)Cc1cc(C(C)=O)ccc1OC. The zero-order chi connectivity index (χ0) is 18.2. The van der Waals surface area contributed by atoms with Crippen LogP contribution in [0, 0.1) is 0 Å². The van der Waals surface area contributed by atoms with E-state index in [-0.39, 0.29) is 18.1 Å². The van der Waals surface area contributed by atoms with E-state index in [0.717, 1.165) is 11.1 Å². The molecule has 1 amide bonds. The Bertz CT molecular complexity index is 755. The number of hydrogen-bond donors (Lipinski definition) is 1. The van der Waals surface area contributed by atoms with E-state index in [0.29, 0.717) is 30.0 Å². The predicted octanol–water partition coefficient (Wildman–Crippen LogP) is 2.90. The molecule has 2 rings (SSSR count). The third-order valence-corrected chi connectivity index (χ3v) is 3.93. The molecule has 0 aliphatic rings. The van der Waals surface area contributed by atoms with Crippen LogP contribution >= 0.6 is 0 Å². The third-order valence-electron chi connectivity index (χ3n) is 3.93. The van der Waals surface area contributed by atoms with Crippen LogP contribution in [0.15, 0.2) is 42.5 Å². The molecule has 0 aliphatic heterocycles. The van der Waals surface area contributed by atoms with E-state index in [1.165, 1.54) is 6.92 Å². The molecule has 132 valence electrons. The second-order valence-corrected chi connectivity index (χ2v) is 5.74. The van der Waals surface area contributed by atoms with Crippen molar-refractivity contribution in [2.24, 2.45) is 0 Å². The molecule has 2 aromatic carbocycles. The van der Waals surface area contributed by atoms with Gasteiger partial charge in [-0.15, -0.1) is 0 Å². The Morgan fingerprint density at radius 2 is 1.72 bits per heavy atom. The maximum Gasteiger partial charge on any atom is 0.224 e. The van der Waals surface area contributed by atoms with Gasteiger partial charge in [-0.25, -0.2) is 0 Å². The van der Waals surface area contributed by atoms with Crippen LogP contribution in [-0.2, 0) is 29.1 Å². The summed E-state index contributed by atoms with van der Waals surface area (Å²) in [5.41, 5.74) is 3.32. The number of benzene rings is 2.